The van der Waals surface area contributed by atoms with E-state index < -0.39 is 27.3 Å². The lowest BCUT2D eigenvalue weighted by molar-refractivity contribution is 0.274. The third-order valence-electron chi connectivity index (χ3n) is 2.64. The average molecular weight is 379 g/mol. The van der Waals surface area contributed by atoms with Crippen molar-refractivity contribution in [1.82, 2.24) is 19.7 Å². The molecule has 1 heterocycles. The van der Waals surface area contributed by atoms with Crippen molar-refractivity contribution < 1.29 is 17.9 Å². The number of benzene rings is 1. The predicted octanol–water partition coefficient (Wildman–Crippen LogP) is 0.650. The molecule has 21 heavy (non-hydrogen) atoms. The van der Waals surface area contributed by atoms with Gasteiger partial charge in [0.1, 0.15) is 10.7 Å². The second-order valence-electron chi connectivity index (χ2n) is 4.10. The van der Waals surface area contributed by atoms with Crippen molar-refractivity contribution in [3.8, 4) is 0 Å². The maximum absolute atomic E-state index is 14.0. The maximum atomic E-state index is 14.0. The van der Waals surface area contributed by atoms with Gasteiger partial charge in [-0.1, -0.05) is 21.1 Å². The lowest BCUT2D eigenvalue weighted by atomic mass is 10.2. The number of nitrogens with zero attached hydrogens (tertiary/aromatic N) is 3. The first-order chi connectivity index (χ1) is 9.94. The van der Waals surface area contributed by atoms with E-state index in [1.165, 1.54) is 16.9 Å². The predicted molar refractivity (Wildman–Crippen MR) is 75.2 cm³/mol. The topological polar surface area (TPSA) is 97.1 Å². The molecule has 0 aliphatic rings. The van der Waals surface area contributed by atoms with E-state index in [1.54, 1.807) is 6.20 Å². The van der Waals surface area contributed by atoms with Crippen LogP contribution in [0.2, 0.25) is 0 Å². The molecular formula is C11H12BrFN4O3S. The molecular weight excluding hydrogens is 367 g/mol. The van der Waals surface area contributed by atoms with Gasteiger partial charge in [0.15, 0.2) is 0 Å². The van der Waals surface area contributed by atoms with E-state index in [9.17, 15) is 12.8 Å². The van der Waals surface area contributed by atoms with E-state index >= 15 is 0 Å². The summed E-state index contributed by atoms with van der Waals surface area (Å²) < 4.78 is 42.3. The zero-order valence-electron chi connectivity index (χ0n) is 10.7. The summed E-state index contributed by atoms with van der Waals surface area (Å²) in [6.45, 7) is -0.291. The van der Waals surface area contributed by atoms with Gasteiger partial charge in [0, 0.05) is 22.8 Å². The normalized spacial score (nSPS) is 11.8. The Bertz CT molecular complexity index is 721. The van der Waals surface area contributed by atoms with Gasteiger partial charge in [0.05, 0.1) is 19.3 Å². The summed E-state index contributed by atoms with van der Waals surface area (Å²) in [6.07, 6.45) is 3.05. The molecule has 0 unspecified atom stereocenters. The second-order valence-corrected chi connectivity index (χ2v) is 6.75. The number of hydrogen-bond donors (Lipinski definition) is 2. The van der Waals surface area contributed by atoms with Gasteiger partial charge < -0.3 is 5.11 Å². The molecule has 0 atom stereocenters. The first-order valence-corrected chi connectivity index (χ1v) is 8.14. The summed E-state index contributed by atoms with van der Waals surface area (Å²) in [5, 5.41) is 16.3. The molecule has 0 radical (unpaired) electrons. The zero-order chi connectivity index (χ0) is 15.5. The van der Waals surface area contributed by atoms with E-state index in [0.717, 1.165) is 6.07 Å². The highest BCUT2D eigenvalue weighted by atomic mass is 79.9. The Morgan fingerprint density at radius 3 is 2.81 bits per heavy atom. The highest BCUT2D eigenvalue weighted by Gasteiger charge is 2.21. The molecule has 2 aromatic rings. The lowest BCUT2D eigenvalue weighted by Gasteiger charge is -2.10. The molecule has 0 aliphatic heterocycles. The van der Waals surface area contributed by atoms with E-state index in [4.69, 9.17) is 5.11 Å². The van der Waals surface area contributed by atoms with Crippen LogP contribution < -0.4 is 4.72 Å². The van der Waals surface area contributed by atoms with Crippen molar-refractivity contribution in [3.63, 3.8) is 0 Å². The van der Waals surface area contributed by atoms with Crippen molar-refractivity contribution in [3.05, 3.63) is 40.4 Å². The Balaban J connectivity index is 2.17. The molecule has 0 saturated carbocycles. The van der Waals surface area contributed by atoms with Crippen LogP contribution in [0.4, 0.5) is 4.39 Å². The molecule has 1 aromatic carbocycles. The molecule has 1 aromatic heterocycles. The van der Waals surface area contributed by atoms with Gasteiger partial charge in [0.2, 0.25) is 10.0 Å². The first kappa shape index (κ1) is 16.0. The summed E-state index contributed by atoms with van der Waals surface area (Å²) >= 11 is 3.09. The third-order valence-corrected chi connectivity index (χ3v) is 4.56. The van der Waals surface area contributed by atoms with Crippen molar-refractivity contribution in [2.24, 2.45) is 0 Å². The largest absolute Gasteiger partial charge is 0.392 e. The molecule has 0 aliphatic carbocycles. The van der Waals surface area contributed by atoms with Crippen LogP contribution in [-0.2, 0) is 23.2 Å². The number of hydrogen-bond acceptors (Lipinski definition) is 5. The highest BCUT2D eigenvalue weighted by molar-refractivity contribution is 9.10. The van der Waals surface area contributed by atoms with Crippen molar-refractivity contribution >= 4 is 26.0 Å². The van der Waals surface area contributed by atoms with Crippen LogP contribution in [0.15, 0.2) is 33.9 Å². The van der Waals surface area contributed by atoms with Crippen molar-refractivity contribution in [2.45, 2.75) is 18.0 Å². The van der Waals surface area contributed by atoms with E-state index in [0.29, 0.717) is 4.47 Å². The summed E-state index contributed by atoms with van der Waals surface area (Å²) in [6, 6.07) is 2.47. The van der Waals surface area contributed by atoms with E-state index in [1.807, 2.05) is 0 Å². The maximum Gasteiger partial charge on any atom is 0.243 e. The Morgan fingerprint density at radius 1 is 1.43 bits per heavy atom. The van der Waals surface area contributed by atoms with E-state index in [-0.39, 0.29) is 18.7 Å². The monoisotopic (exact) mass is 378 g/mol. The smallest absolute Gasteiger partial charge is 0.243 e. The molecule has 10 heteroatoms. The van der Waals surface area contributed by atoms with Crippen molar-refractivity contribution in [2.75, 3.05) is 6.54 Å². The van der Waals surface area contributed by atoms with Gasteiger partial charge in [-0.25, -0.2) is 17.5 Å². The minimum absolute atomic E-state index is 0.0338. The molecule has 0 fully saturated rings. The number of nitrogens with one attached hydrogen (secondary N) is 1. The van der Waals surface area contributed by atoms with Gasteiger partial charge in [-0.2, -0.15) is 0 Å². The number of aliphatic hydroxyl groups excluding tert-OH is 1. The van der Waals surface area contributed by atoms with Crippen LogP contribution in [0.25, 0.3) is 0 Å². The highest BCUT2D eigenvalue weighted by Crippen LogP contribution is 2.24. The second kappa shape index (κ2) is 6.60. The standard InChI is InChI=1S/C11H12BrFN4O3S/c12-9-5-8(7-18)11(13)10(6-9)21(19,20)15-2-4-17-3-1-14-16-17/h1,3,5-6,15,18H,2,4,7H2. The molecule has 2 rings (SSSR count). The zero-order valence-corrected chi connectivity index (χ0v) is 13.1. The molecule has 0 spiro atoms. The summed E-state index contributed by atoms with van der Waals surface area (Å²) in [5.74, 6) is -0.964. The molecule has 0 bridgehead atoms. The van der Waals surface area contributed by atoms with Crippen LogP contribution in [0.1, 0.15) is 5.56 Å². The molecule has 2 N–H and O–H groups in total. The van der Waals surface area contributed by atoms with Crippen LogP contribution >= 0.6 is 15.9 Å². The Morgan fingerprint density at radius 2 is 2.19 bits per heavy atom. The quantitative estimate of drug-likeness (QED) is 0.768. The van der Waals surface area contributed by atoms with Crippen LogP contribution in [-0.4, -0.2) is 35.1 Å². The molecule has 7 nitrogen and oxygen atoms in total. The van der Waals surface area contributed by atoms with Gasteiger partial charge >= 0.3 is 0 Å². The van der Waals surface area contributed by atoms with Gasteiger partial charge in [-0.15, -0.1) is 5.10 Å². The lowest BCUT2D eigenvalue weighted by Crippen LogP contribution is -2.28. The summed E-state index contributed by atoms with van der Waals surface area (Å²) in [5.41, 5.74) is -0.0963. The first-order valence-electron chi connectivity index (χ1n) is 5.86. The minimum atomic E-state index is -4.03. The fraction of sp³-hybridized carbons (Fsp3) is 0.273. The number of sulfonamides is 1. The van der Waals surface area contributed by atoms with Gasteiger partial charge in [-0.3, -0.25) is 4.68 Å². The van der Waals surface area contributed by atoms with Gasteiger partial charge in [0.25, 0.3) is 0 Å². The number of aromatic nitrogens is 3. The SMILES string of the molecule is O=S(=O)(NCCn1ccnn1)c1cc(Br)cc(CO)c1F. The molecule has 114 valence electrons. The number of rotatable bonds is 6. The van der Waals surface area contributed by atoms with Crippen LogP contribution in [0, 0.1) is 5.82 Å². The minimum Gasteiger partial charge on any atom is -0.392 e. The Hall–Kier alpha value is -1.36. The molecule has 0 saturated heterocycles. The fourth-order valence-electron chi connectivity index (χ4n) is 1.65. The third kappa shape index (κ3) is 3.84. The number of aliphatic hydroxyl groups is 1. The molecule has 0 amide bonds. The van der Waals surface area contributed by atoms with Crippen LogP contribution in [0.5, 0.6) is 0 Å². The Kier molecular flexibility index (Phi) is 5.04. The van der Waals surface area contributed by atoms with Gasteiger partial charge in [-0.05, 0) is 12.1 Å². The van der Waals surface area contributed by atoms with E-state index in [2.05, 4.69) is 31.0 Å². The average Bonchev–Trinajstić information content (AvgIpc) is 2.93. The summed E-state index contributed by atoms with van der Waals surface area (Å²) in [4.78, 5) is -0.514. The fourth-order valence-corrected chi connectivity index (χ4v) is 3.47. The van der Waals surface area contributed by atoms with Crippen LogP contribution in [0.3, 0.4) is 0 Å². The number of halogens is 2. The summed E-state index contributed by atoms with van der Waals surface area (Å²) in [7, 11) is -4.03. The Labute approximate surface area is 129 Å². The van der Waals surface area contributed by atoms with Crippen molar-refractivity contribution in [1.29, 1.82) is 0 Å².